The zero-order chi connectivity index (χ0) is 14.6. The zero-order valence-corrected chi connectivity index (χ0v) is 12.1. The van der Waals surface area contributed by atoms with E-state index in [-0.39, 0.29) is 5.82 Å². The maximum Gasteiger partial charge on any atom is 0.123 e. The van der Waals surface area contributed by atoms with E-state index in [9.17, 15) is 4.39 Å². The zero-order valence-electron chi connectivity index (χ0n) is 12.1. The Hall–Kier alpha value is -2.41. The lowest BCUT2D eigenvalue weighted by Gasteiger charge is -2.14. The first-order valence-corrected chi connectivity index (χ1v) is 7.17. The number of fused-ring (bicyclic) bond motifs is 4. The number of hydrogen-bond donors (Lipinski definition) is 0. The molecule has 4 aromatic carbocycles. The fraction of sp³-hybridized carbons (Fsp3) is 0.100. The second kappa shape index (κ2) is 4.29. The lowest BCUT2D eigenvalue weighted by molar-refractivity contribution is 0.630. The van der Waals surface area contributed by atoms with Crippen molar-refractivity contribution in [2.75, 3.05) is 0 Å². The second-order valence-corrected chi connectivity index (χ2v) is 5.65. The van der Waals surface area contributed by atoms with Crippen LogP contribution < -0.4 is 0 Å². The Balaban J connectivity index is 2.34. The average molecular weight is 274 g/mol. The Morgan fingerprint density at radius 2 is 1.33 bits per heavy atom. The summed E-state index contributed by atoms with van der Waals surface area (Å²) in [6, 6.07) is 17.7. The number of hydrogen-bond acceptors (Lipinski definition) is 0. The van der Waals surface area contributed by atoms with Gasteiger partial charge in [0.2, 0.25) is 0 Å². The molecule has 0 heterocycles. The Bertz CT molecular complexity index is 1010. The lowest BCUT2D eigenvalue weighted by Crippen LogP contribution is -1.89. The molecular formula is C20H15F. The molecule has 4 aromatic rings. The van der Waals surface area contributed by atoms with Crippen molar-refractivity contribution in [1.82, 2.24) is 0 Å². The van der Waals surface area contributed by atoms with Crippen molar-refractivity contribution in [3.05, 3.63) is 71.5 Å². The van der Waals surface area contributed by atoms with Crippen LogP contribution in [0.1, 0.15) is 11.1 Å². The summed E-state index contributed by atoms with van der Waals surface area (Å²) in [7, 11) is 0. The quantitative estimate of drug-likeness (QED) is 0.276. The van der Waals surface area contributed by atoms with Gasteiger partial charge in [-0.25, -0.2) is 4.39 Å². The van der Waals surface area contributed by atoms with Crippen LogP contribution in [0.2, 0.25) is 0 Å². The maximum atomic E-state index is 13.5. The third-order valence-corrected chi connectivity index (χ3v) is 4.50. The minimum absolute atomic E-state index is 0.183. The highest BCUT2D eigenvalue weighted by Crippen LogP contribution is 2.36. The molecule has 102 valence electrons. The van der Waals surface area contributed by atoms with Gasteiger partial charge in [-0.1, -0.05) is 42.5 Å². The van der Waals surface area contributed by atoms with E-state index in [0.29, 0.717) is 0 Å². The van der Waals surface area contributed by atoms with E-state index < -0.39 is 0 Å². The largest absolute Gasteiger partial charge is 0.207 e. The molecule has 0 bridgehead atoms. The van der Waals surface area contributed by atoms with Gasteiger partial charge >= 0.3 is 0 Å². The summed E-state index contributed by atoms with van der Waals surface area (Å²) in [5.74, 6) is -0.183. The van der Waals surface area contributed by atoms with Crippen molar-refractivity contribution in [1.29, 1.82) is 0 Å². The maximum absolute atomic E-state index is 13.5. The van der Waals surface area contributed by atoms with Crippen LogP contribution in [0.15, 0.2) is 54.6 Å². The van der Waals surface area contributed by atoms with Gasteiger partial charge in [0.25, 0.3) is 0 Å². The van der Waals surface area contributed by atoms with Crippen LogP contribution in [0.25, 0.3) is 32.3 Å². The molecule has 0 aliphatic heterocycles. The van der Waals surface area contributed by atoms with Crippen molar-refractivity contribution in [3.63, 3.8) is 0 Å². The van der Waals surface area contributed by atoms with Gasteiger partial charge in [-0.3, -0.25) is 0 Å². The van der Waals surface area contributed by atoms with E-state index in [2.05, 4.69) is 44.2 Å². The van der Waals surface area contributed by atoms with Gasteiger partial charge in [0.1, 0.15) is 5.82 Å². The van der Waals surface area contributed by atoms with Crippen LogP contribution in [0.3, 0.4) is 0 Å². The molecule has 0 unspecified atom stereocenters. The highest BCUT2D eigenvalue weighted by atomic mass is 19.1. The summed E-state index contributed by atoms with van der Waals surface area (Å²) in [6.45, 7) is 4.33. The third kappa shape index (κ3) is 1.67. The van der Waals surface area contributed by atoms with Gasteiger partial charge in [-0.15, -0.1) is 0 Å². The fourth-order valence-electron chi connectivity index (χ4n) is 3.43. The number of rotatable bonds is 0. The van der Waals surface area contributed by atoms with Crippen LogP contribution >= 0.6 is 0 Å². The van der Waals surface area contributed by atoms with Crippen molar-refractivity contribution in [2.24, 2.45) is 0 Å². The smallest absolute Gasteiger partial charge is 0.123 e. The molecule has 0 fully saturated rings. The van der Waals surface area contributed by atoms with Crippen LogP contribution in [0, 0.1) is 19.7 Å². The standard InChI is InChI=1S/C20H15F/c1-12-16-5-3-4-6-17(16)13(2)20-18(12)9-7-14-11-15(21)8-10-19(14)20/h3-11H,1-2H3. The lowest BCUT2D eigenvalue weighted by atomic mass is 9.90. The van der Waals surface area contributed by atoms with Gasteiger partial charge in [-0.2, -0.15) is 0 Å². The van der Waals surface area contributed by atoms with Crippen molar-refractivity contribution in [2.45, 2.75) is 13.8 Å². The summed E-state index contributed by atoms with van der Waals surface area (Å²) in [5.41, 5.74) is 2.56. The molecule has 0 saturated carbocycles. The predicted octanol–water partition coefficient (Wildman–Crippen LogP) is 5.90. The van der Waals surface area contributed by atoms with E-state index in [1.165, 1.54) is 32.7 Å². The summed E-state index contributed by atoms with van der Waals surface area (Å²) >= 11 is 0. The van der Waals surface area contributed by atoms with Crippen LogP contribution in [0.4, 0.5) is 4.39 Å². The molecule has 21 heavy (non-hydrogen) atoms. The molecule has 0 N–H and O–H groups in total. The van der Waals surface area contributed by atoms with Gasteiger partial charge in [-0.05, 0) is 69.4 Å². The van der Waals surface area contributed by atoms with E-state index in [1.54, 1.807) is 12.1 Å². The van der Waals surface area contributed by atoms with Crippen molar-refractivity contribution >= 4 is 32.3 Å². The summed E-state index contributed by atoms with van der Waals surface area (Å²) in [5, 5.41) is 7.15. The number of benzene rings is 4. The minimum atomic E-state index is -0.183. The van der Waals surface area contributed by atoms with Crippen LogP contribution in [-0.2, 0) is 0 Å². The Kier molecular flexibility index (Phi) is 2.52. The van der Waals surface area contributed by atoms with E-state index >= 15 is 0 Å². The van der Waals surface area contributed by atoms with Crippen molar-refractivity contribution < 1.29 is 4.39 Å². The first kappa shape index (κ1) is 12.3. The molecule has 0 spiro atoms. The molecule has 0 aromatic heterocycles. The Morgan fingerprint density at radius 1 is 0.667 bits per heavy atom. The van der Waals surface area contributed by atoms with Crippen LogP contribution in [0.5, 0.6) is 0 Å². The summed E-state index contributed by atoms with van der Waals surface area (Å²) < 4.78 is 13.5. The molecule has 0 aliphatic carbocycles. The molecule has 0 amide bonds. The first-order valence-electron chi connectivity index (χ1n) is 7.17. The SMILES string of the molecule is Cc1c2ccccc2c(C)c2c1ccc1cc(F)ccc12. The van der Waals surface area contributed by atoms with E-state index in [0.717, 1.165) is 10.8 Å². The molecule has 0 aliphatic rings. The average Bonchev–Trinajstić information content (AvgIpc) is 2.51. The van der Waals surface area contributed by atoms with Gasteiger partial charge < -0.3 is 0 Å². The normalized spacial score (nSPS) is 11.6. The Labute approximate surface area is 122 Å². The molecule has 0 nitrogen and oxygen atoms in total. The number of halogens is 1. The van der Waals surface area contributed by atoms with Gasteiger partial charge in [0, 0.05) is 0 Å². The molecule has 4 rings (SSSR count). The first-order chi connectivity index (χ1) is 10.2. The highest BCUT2D eigenvalue weighted by molar-refractivity contribution is 6.16. The minimum Gasteiger partial charge on any atom is -0.207 e. The molecule has 1 heteroatoms. The van der Waals surface area contributed by atoms with E-state index in [4.69, 9.17) is 0 Å². The molecule has 0 atom stereocenters. The topological polar surface area (TPSA) is 0 Å². The van der Waals surface area contributed by atoms with Crippen LogP contribution in [-0.4, -0.2) is 0 Å². The highest BCUT2D eigenvalue weighted by Gasteiger charge is 2.11. The molecule has 0 saturated heterocycles. The summed E-state index contributed by atoms with van der Waals surface area (Å²) in [4.78, 5) is 0. The predicted molar refractivity (Wildman–Crippen MR) is 88.4 cm³/mol. The fourth-order valence-corrected chi connectivity index (χ4v) is 3.43. The molecular weight excluding hydrogens is 259 g/mol. The van der Waals surface area contributed by atoms with Gasteiger partial charge in [0.05, 0.1) is 0 Å². The van der Waals surface area contributed by atoms with E-state index in [1.807, 2.05) is 12.1 Å². The van der Waals surface area contributed by atoms with Crippen molar-refractivity contribution in [3.8, 4) is 0 Å². The molecule has 0 radical (unpaired) electrons. The second-order valence-electron chi connectivity index (χ2n) is 5.65. The Morgan fingerprint density at radius 3 is 2.10 bits per heavy atom. The third-order valence-electron chi connectivity index (χ3n) is 4.50. The monoisotopic (exact) mass is 274 g/mol. The number of aryl methyl sites for hydroxylation is 2. The summed E-state index contributed by atoms with van der Waals surface area (Å²) in [6.07, 6.45) is 0. The van der Waals surface area contributed by atoms with Gasteiger partial charge in [0.15, 0.2) is 0 Å².